The third kappa shape index (κ3) is 7.41. The molecule has 0 bridgehead atoms. The van der Waals surface area contributed by atoms with Crippen molar-refractivity contribution in [3.63, 3.8) is 0 Å². The maximum atomic E-state index is 12.4. The molecule has 1 amide bonds. The summed E-state index contributed by atoms with van der Waals surface area (Å²) in [4.78, 5) is 36.8. The van der Waals surface area contributed by atoms with Gasteiger partial charge in [-0.1, -0.05) is 42.5 Å². The molecule has 0 aliphatic carbocycles. The van der Waals surface area contributed by atoms with E-state index in [4.69, 9.17) is 9.47 Å². The summed E-state index contributed by atoms with van der Waals surface area (Å²) in [6.45, 7) is 3.54. The smallest absolute Gasteiger partial charge is 0.308 e. The van der Waals surface area contributed by atoms with Crippen molar-refractivity contribution in [2.75, 3.05) is 7.11 Å². The van der Waals surface area contributed by atoms with Gasteiger partial charge in [-0.2, -0.15) is 0 Å². The number of methoxy groups -OCH3 is 1. The van der Waals surface area contributed by atoms with Gasteiger partial charge in [0.25, 0.3) is 0 Å². The van der Waals surface area contributed by atoms with Crippen LogP contribution in [0.25, 0.3) is 0 Å². The summed E-state index contributed by atoms with van der Waals surface area (Å²) in [6.07, 6.45) is -0.0948. The van der Waals surface area contributed by atoms with Crippen molar-refractivity contribution in [3.05, 3.63) is 65.7 Å². The molecule has 0 aliphatic heterocycles. The molecule has 0 aromatic heterocycles. The Morgan fingerprint density at radius 2 is 1.59 bits per heavy atom. The van der Waals surface area contributed by atoms with Crippen LogP contribution in [0.4, 0.5) is 0 Å². The van der Waals surface area contributed by atoms with Crippen LogP contribution in [0.1, 0.15) is 55.1 Å². The topological polar surface area (TPSA) is 81.7 Å². The molecule has 154 valence electrons. The number of Topliss-reactive ketones (excluding diaryl/α,β-unsaturated/α-hetero) is 1. The first-order valence-electron chi connectivity index (χ1n) is 9.60. The molecular formula is C23H27NO5. The van der Waals surface area contributed by atoms with Gasteiger partial charge in [-0.25, -0.2) is 0 Å². The lowest BCUT2D eigenvalue weighted by Gasteiger charge is -2.20. The van der Waals surface area contributed by atoms with Crippen LogP contribution in [0.5, 0.6) is 5.75 Å². The lowest BCUT2D eigenvalue weighted by atomic mass is 10.0. The second kappa shape index (κ2) is 11.0. The molecule has 1 N–H and O–H groups in total. The van der Waals surface area contributed by atoms with Crippen molar-refractivity contribution >= 4 is 17.7 Å². The highest BCUT2D eigenvalue weighted by atomic mass is 16.5. The van der Waals surface area contributed by atoms with Gasteiger partial charge in [0, 0.05) is 18.4 Å². The monoisotopic (exact) mass is 397 g/mol. The van der Waals surface area contributed by atoms with Gasteiger partial charge >= 0.3 is 5.97 Å². The van der Waals surface area contributed by atoms with E-state index in [1.165, 1.54) is 0 Å². The zero-order chi connectivity index (χ0) is 21.2. The van der Waals surface area contributed by atoms with Crippen LogP contribution in [0.2, 0.25) is 0 Å². The van der Waals surface area contributed by atoms with Crippen molar-refractivity contribution in [2.24, 2.45) is 0 Å². The molecule has 0 radical (unpaired) electrons. The molecule has 1 atom stereocenters. The number of ketones is 1. The number of esters is 1. The minimum atomic E-state index is -0.550. The fourth-order valence-corrected chi connectivity index (χ4v) is 2.83. The zero-order valence-corrected chi connectivity index (χ0v) is 17.0. The summed E-state index contributed by atoms with van der Waals surface area (Å²) >= 11 is 0. The fourth-order valence-electron chi connectivity index (χ4n) is 2.83. The number of benzene rings is 2. The summed E-state index contributed by atoms with van der Waals surface area (Å²) < 4.78 is 10.4. The Balaban J connectivity index is 2.02. The molecule has 0 unspecified atom stereocenters. The van der Waals surface area contributed by atoms with E-state index in [0.717, 1.165) is 5.56 Å². The number of ether oxygens (including phenoxy) is 2. The van der Waals surface area contributed by atoms with Gasteiger partial charge in [-0.05, 0) is 31.5 Å². The van der Waals surface area contributed by atoms with E-state index in [9.17, 15) is 14.4 Å². The van der Waals surface area contributed by atoms with E-state index in [1.807, 2.05) is 6.07 Å². The standard InChI is InChI=1S/C23H27NO5/c1-16(2)29-23(27)15-20(17-9-11-19(28-3)12-10-17)24-22(26)14-13-21(25)18-7-5-4-6-8-18/h4-12,16,20H,13-15H2,1-3H3,(H,24,26)/t20-/m0/s1. The maximum absolute atomic E-state index is 12.4. The van der Waals surface area contributed by atoms with Crippen LogP contribution in [0.3, 0.4) is 0 Å². The third-order valence-electron chi connectivity index (χ3n) is 4.27. The molecule has 0 aliphatic rings. The molecule has 6 nitrogen and oxygen atoms in total. The first kappa shape index (κ1) is 22.1. The van der Waals surface area contributed by atoms with Crippen molar-refractivity contribution in [1.29, 1.82) is 0 Å². The normalized spacial score (nSPS) is 11.6. The highest BCUT2D eigenvalue weighted by molar-refractivity contribution is 5.97. The fraction of sp³-hybridized carbons (Fsp3) is 0.348. The average molecular weight is 397 g/mol. The number of amides is 1. The number of hydrogen-bond acceptors (Lipinski definition) is 5. The Morgan fingerprint density at radius 3 is 2.17 bits per heavy atom. The van der Waals surface area contributed by atoms with Gasteiger partial charge in [0.15, 0.2) is 5.78 Å². The van der Waals surface area contributed by atoms with E-state index >= 15 is 0 Å². The predicted octanol–water partition coefficient (Wildman–Crippen LogP) is 3.86. The van der Waals surface area contributed by atoms with Gasteiger partial charge < -0.3 is 14.8 Å². The third-order valence-corrected chi connectivity index (χ3v) is 4.27. The van der Waals surface area contributed by atoms with Gasteiger partial charge in [0.1, 0.15) is 5.75 Å². The number of carbonyl (C=O) groups excluding carboxylic acids is 3. The van der Waals surface area contributed by atoms with Crippen LogP contribution < -0.4 is 10.1 Å². The van der Waals surface area contributed by atoms with Crippen molar-refractivity contribution < 1.29 is 23.9 Å². The molecule has 2 rings (SSSR count). The number of hydrogen-bond donors (Lipinski definition) is 1. The second-order valence-electron chi connectivity index (χ2n) is 6.93. The van der Waals surface area contributed by atoms with Crippen molar-refractivity contribution in [2.45, 2.75) is 45.3 Å². The summed E-state index contributed by atoms with van der Waals surface area (Å²) in [6, 6.07) is 15.4. The predicted molar refractivity (Wildman–Crippen MR) is 110 cm³/mol. The summed E-state index contributed by atoms with van der Waals surface area (Å²) in [5.41, 5.74) is 1.33. The van der Waals surface area contributed by atoms with E-state index < -0.39 is 12.0 Å². The quantitative estimate of drug-likeness (QED) is 0.486. The lowest BCUT2D eigenvalue weighted by molar-refractivity contribution is -0.148. The molecule has 29 heavy (non-hydrogen) atoms. The number of nitrogens with one attached hydrogen (secondary N) is 1. The van der Waals surface area contributed by atoms with Crippen molar-refractivity contribution in [3.8, 4) is 5.75 Å². The Bertz CT molecular complexity index is 815. The first-order chi connectivity index (χ1) is 13.9. The molecule has 0 spiro atoms. The van der Waals surface area contributed by atoms with Gasteiger partial charge in [-0.15, -0.1) is 0 Å². The molecule has 2 aromatic carbocycles. The maximum Gasteiger partial charge on any atom is 0.308 e. The van der Waals surface area contributed by atoms with Crippen LogP contribution in [-0.4, -0.2) is 30.9 Å². The zero-order valence-electron chi connectivity index (χ0n) is 17.0. The van der Waals surface area contributed by atoms with E-state index in [0.29, 0.717) is 11.3 Å². The van der Waals surface area contributed by atoms with E-state index in [2.05, 4.69) is 5.32 Å². The first-order valence-corrected chi connectivity index (χ1v) is 9.60. The summed E-state index contributed by atoms with van der Waals surface area (Å²) in [5, 5.41) is 2.85. The SMILES string of the molecule is COc1ccc([C@H](CC(=O)OC(C)C)NC(=O)CCC(=O)c2ccccc2)cc1. The van der Waals surface area contributed by atoms with E-state index in [1.54, 1.807) is 69.5 Å². The van der Waals surface area contributed by atoms with Gasteiger partial charge in [-0.3, -0.25) is 14.4 Å². The van der Waals surface area contributed by atoms with Crippen LogP contribution in [-0.2, 0) is 14.3 Å². The highest BCUT2D eigenvalue weighted by Crippen LogP contribution is 2.21. The number of carbonyl (C=O) groups is 3. The van der Waals surface area contributed by atoms with Crippen LogP contribution in [0, 0.1) is 0 Å². The van der Waals surface area contributed by atoms with Crippen molar-refractivity contribution in [1.82, 2.24) is 5.32 Å². The molecule has 2 aromatic rings. The number of rotatable bonds is 10. The Labute approximate surface area is 171 Å². The molecular weight excluding hydrogens is 370 g/mol. The molecule has 0 saturated heterocycles. The lowest BCUT2D eigenvalue weighted by Crippen LogP contribution is -2.31. The molecule has 0 heterocycles. The molecule has 6 heteroatoms. The average Bonchev–Trinajstić information content (AvgIpc) is 2.71. The molecule has 0 saturated carbocycles. The summed E-state index contributed by atoms with van der Waals surface area (Å²) in [5.74, 6) is -0.119. The van der Waals surface area contributed by atoms with Gasteiger partial charge in [0.05, 0.1) is 25.7 Å². The van der Waals surface area contributed by atoms with Crippen LogP contribution in [0.15, 0.2) is 54.6 Å². The Hall–Kier alpha value is -3.15. The molecule has 0 fully saturated rings. The Morgan fingerprint density at radius 1 is 0.931 bits per heavy atom. The second-order valence-corrected chi connectivity index (χ2v) is 6.93. The van der Waals surface area contributed by atoms with Crippen LogP contribution >= 0.6 is 0 Å². The minimum absolute atomic E-state index is 0.00286. The van der Waals surface area contributed by atoms with E-state index in [-0.39, 0.29) is 37.1 Å². The summed E-state index contributed by atoms with van der Waals surface area (Å²) in [7, 11) is 1.57. The minimum Gasteiger partial charge on any atom is -0.497 e. The highest BCUT2D eigenvalue weighted by Gasteiger charge is 2.21. The van der Waals surface area contributed by atoms with Gasteiger partial charge in [0.2, 0.25) is 5.91 Å². The Kier molecular flexibility index (Phi) is 8.40. The largest absolute Gasteiger partial charge is 0.497 e.